The predicted molar refractivity (Wildman–Crippen MR) is 78.3 cm³/mol. The first kappa shape index (κ1) is 13.1. The molecule has 0 bridgehead atoms. The summed E-state index contributed by atoms with van der Waals surface area (Å²) in [4.78, 5) is 26.7. The number of fused-ring (bicyclic) bond motifs is 1. The fourth-order valence-corrected chi connectivity index (χ4v) is 3.44. The Kier molecular flexibility index (Phi) is 3.00. The number of allylic oxidation sites excluding steroid dienone is 2. The molecule has 3 atom stereocenters. The summed E-state index contributed by atoms with van der Waals surface area (Å²) in [6.07, 6.45) is 4.77. The van der Waals surface area contributed by atoms with Gasteiger partial charge in [0.2, 0.25) is 11.8 Å². The van der Waals surface area contributed by atoms with Gasteiger partial charge in [-0.2, -0.15) is 0 Å². The Morgan fingerprint density at radius 2 is 1.90 bits per heavy atom. The number of anilines is 1. The number of rotatable bonds is 1. The van der Waals surface area contributed by atoms with Gasteiger partial charge >= 0.3 is 0 Å². The van der Waals surface area contributed by atoms with E-state index in [0.717, 1.165) is 16.8 Å². The van der Waals surface area contributed by atoms with E-state index < -0.39 is 0 Å². The molecular formula is C17H19NO2. The minimum absolute atomic E-state index is 0.0381. The summed E-state index contributed by atoms with van der Waals surface area (Å²) in [5, 5.41) is 0. The van der Waals surface area contributed by atoms with Gasteiger partial charge in [-0.05, 0) is 37.8 Å². The third-order valence-corrected chi connectivity index (χ3v) is 4.47. The van der Waals surface area contributed by atoms with Gasteiger partial charge in [-0.3, -0.25) is 9.59 Å². The van der Waals surface area contributed by atoms with Crippen LogP contribution in [0.15, 0.2) is 30.4 Å². The van der Waals surface area contributed by atoms with Gasteiger partial charge in [0.25, 0.3) is 0 Å². The molecule has 2 aliphatic rings. The predicted octanol–water partition coefficient (Wildman–Crippen LogP) is 3.01. The van der Waals surface area contributed by atoms with Crippen LogP contribution < -0.4 is 4.90 Å². The molecule has 1 aliphatic heterocycles. The summed E-state index contributed by atoms with van der Waals surface area (Å²) in [5.74, 6) is -0.302. The second kappa shape index (κ2) is 4.58. The zero-order valence-electron chi connectivity index (χ0n) is 12.1. The molecule has 1 aromatic carbocycles. The van der Waals surface area contributed by atoms with Crippen LogP contribution in [0.25, 0.3) is 0 Å². The van der Waals surface area contributed by atoms with Crippen LogP contribution in [0, 0.1) is 31.6 Å². The molecule has 3 heteroatoms. The molecule has 1 heterocycles. The van der Waals surface area contributed by atoms with E-state index in [0.29, 0.717) is 6.42 Å². The molecule has 0 unspecified atom stereocenters. The van der Waals surface area contributed by atoms with E-state index in [2.05, 4.69) is 6.08 Å². The van der Waals surface area contributed by atoms with Crippen molar-refractivity contribution >= 4 is 17.5 Å². The first-order valence-corrected chi connectivity index (χ1v) is 7.12. The van der Waals surface area contributed by atoms with Crippen molar-refractivity contribution in [1.82, 2.24) is 0 Å². The molecule has 3 nitrogen and oxygen atoms in total. The van der Waals surface area contributed by atoms with E-state index in [9.17, 15) is 9.59 Å². The fraction of sp³-hybridized carbons (Fsp3) is 0.412. The molecule has 104 valence electrons. The highest BCUT2D eigenvalue weighted by Crippen LogP contribution is 2.41. The van der Waals surface area contributed by atoms with Gasteiger partial charge < -0.3 is 0 Å². The Labute approximate surface area is 119 Å². The fourth-order valence-electron chi connectivity index (χ4n) is 3.44. The molecule has 0 radical (unpaired) electrons. The topological polar surface area (TPSA) is 37.4 Å². The summed E-state index contributed by atoms with van der Waals surface area (Å²) in [5.41, 5.74) is 2.86. The molecule has 1 aromatic rings. The molecular weight excluding hydrogens is 250 g/mol. The lowest BCUT2D eigenvalue weighted by Gasteiger charge is -2.22. The van der Waals surface area contributed by atoms with Gasteiger partial charge in [-0.15, -0.1) is 0 Å². The van der Waals surface area contributed by atoms with Crippen molar-refractivity contribution in [3.63, 3.8) is 0 Å². The SMILES string of the molecule is Cc1ccc(N2C(=O)[C@H]3[C@H](CC=C[C@@H]3C)C2=O)c(C)c1. The highest BCUT2D eigenvalue weighted by Gasteiger charge is 2.50. The van der Waals surface area contributed by atoms with E-state index in [1.54, 1.807) is 0 Å². The smallest absolute Gasteiger partial charge is 0.238 e. The first-order valence-electron chi connectivity index (χ1n) is 7.12. The highest BCUT2D eigenvalue weighted by atomic mass is 16.2. The zero-order valence-corrected chi connectivity index (χ0v) is 12.1. The number of nitrogens with zero attached hydrogens (tertiary/aromatic N) is 1. The van der Waals surface area contributed by atoms with Crippen molar-refractivity contribution < 1.29 is 9.59 Å². The van der Waals surface area contributed by atoms with Gasteiger partial charge in [0.15, 0.2) is 0 Å². The summed E-state index contributed by atoms with van der Waals surface area (Å²) >= 11 is 0. The summed E-state index contributed by atoms with van der Waals surface area (Å²) in [7, 11) is 0. The van der Waals surface area contributed by atoms with Crippen molar-refractivity contribution in [3.8, 4) is 0 Å². The molecule has 1 aliphatic carbocycles. The van der Waals surface area contributed by atoms with Crippen LogP contribution in [0.3, 0.4) is 0 Å². The molecule has 2 amide bonds. The average Bonchev–Trinajstić information content (AvgIpc) is 2.64. The maximum Gasteiger partial charge on any atom is 0.238 e. The zero-order chi connectivity index (χ0) is 14.4. The van der Waals surface area contributed by atoms with Crippen LogP contribution in [-0.2, 0) is 9.59 Å². The number of hydrogen-bond donors (Lipinski definition) is 0. The number of carbonyl (C=O) groups is 2. The molecule has 0 N–H and O–H groups in total. The lowest BCUT2D eigenvalue weighted by atomic mass is 9.78. The third-order valence-electron chi connectivity index (χ3n) is 4.47. The van der Waals surface area contributed by atoms with Gasteiger partial charge in [-0.1, -0.05) is 36.8 Å². The van der Waals surface area contributed by atoms with E-state index in [1.807, 2.05) is 45.0 Å². The van der Waals surface area contributed by atoms with Crippen molar-refractivity contribution in [1.29, 1.82) is 0 Å². The quantitative estimate of drug-likeness (QED) is 0.580. The number of carbonyl (C=O) groups excluding carboxylic acids is 2. The number of imide groups is 1. The van der Waals surface area contributed by atoms with Crippen LogP contribution in [0.2, 0.25) is 0 Å². The van der Waals surface area contributed by atoms with Crippen molar-refractivity contribution in [2.75, 3.05) is 4.90 Å². The van der Waals surface area contributed by atoms with Gasteiger partial charge in [0.05, 0.1) is 17.5 Å². The minimum Gasteiger partial charge on any atom is -0.274 e. The Hall–Kier alpha value is -1.90. The second-order valence-electron chi connectivity index (χ2n) is 5.96. The van der Waals surface area contributed by atoms with E-state index in [4.69, 9.17) is 0 Å². The van der Waals surface area contributed by atoms with Crippen molar-refractivity contribution in [3.05, 3.63) is 41.5 Å². The van der Waals surface area contributed by atoms with Gasteiger partial charge in [0.1, 0.15) is 0 Å². The number of benzene rings is 1. The van der Waals surface area contributed by atoms with Crippen LogP contribution in [0.5, 0.6) is 0 Å². The number of aryl methyl sites for hydroxylation is 2. The Balaban J connectivity index is 2.03. The summed E-state index contributed by atoms with van der Waals surface area (Å²) in [6, 6.07) is 5.85. The average molecular weight is 269 g/mol. The van der Waals surface area contributed by atoms with Crippen LogP contribution >= 0.6 is 0 Å². The minimum atomic E-state index is -0.187. The standard InChI is InChI=1S/C17H19NO2/c1-10-7-8-14(12(3)9-10)18-16(19)13-6-4-5-11(2)15(13)17(18)20/h4-5,7-9,11,13,15H,6H2,1-3H3/t11-,13-,15+/m0/s1. The summed E-state index contributed by atoms with van der Waals surface area (Å²) < 4.78 is 0. The maximum absolute atomic E-state index is 12.7. The largest absolute Gasteiger partial charge is 0.274 e. The normalized spacial score (nSPS) is 28.9. The maximum atomic E-state index is 12.7. The monoisotopic (exact) mass is 269 g/mol. The molecule has 0 saturated carbocycles. The van der Waals surface area contributed by atoms with Crippen LogP contribution in [-0.4, -0.2) is 11.8 Å². The lowest BCUT2D eigenvalue weighted by Crippen LogP contribution is -2.32. The number of hydrogen-bond acceptors (Lipinski definition) is 2. The van der Waals surface area contributed by atoms with Gasteiger partial charge in [-0.25, -0.2) is 4.90 Å². The van der Waals surface area contributed by atoms with Gasteiger partial charge in [0, 0.05) is 0 Å². The van der Waals surface area contributed by atoms with Crippen molar-refractivity contribution in [2.45, 2.75) is 27.2 Å². The number of amides is 2. The molecule has 1 saturated heterocycles. The highest BCUT2D eigenvalue weighted by molar-refractivity contribution is 6.22. The van der Waals surface area contributed by atoms with E-state index in [-0.39, 0.29) is 29.6 Å². The molecule has 0 spiro atoms. The molecule has 0 aromatic heterocycles. The molecule has 3 rings (SSSR count). The van der Waals surface area contributed by atoms with E-state index >= 15 is 0 Å². The third kappa shape index (κ3) is 1.80. The first-order chi connectivity index (χ1) is 9.50. The Bertz CT molecular complexity index is 617. The Morgan fingerprint density at radius 1 is 1.15 bits per heavy atom. The molecule has 1 fully saturated rings. The van der Waals surface area contributed by atoms with Crippen LogP contribution in [0.1, 0.15) is 24.5 Å². The molecule has 20 heavy (non-hydrogen) atoms. The van der Waals surface area contributed by atoms with E-state index in [1.165, 1.54) is 4.90 Å². The second-order valence-corrected chi connectivity index (χ2v) is 5.96. The van der Waals surface area contributed by atoms with Crippen molar-refractivity contribution in [2.24, 2.45) is 17.8 Å². The summed E-state index contributed by atoms with van der Waals surface area (Å²) in [6.45, 7) is 5.98. The van der Waals surface area contributed by atoms with Crippen LogP contribution in [0.4, 0.5) is 5.69 Å². The lowest BCUT2D eigenvalue weighted by molar-refractivity contribution is -0.122. The Morgan fingerprint density at radius 3 is 2.55 bits per heavy atom.